The fourth-order valence-corrected chi connectivity index (χ4v) is 2.05. The number of hydrogen-bond donors (Lipinski definition) is 3. The van der Waals surface area contributed by atoms with Gasteiger partial charge in [0.15, 0.2) is 17.3 Å². The minimum absolute atomic E-state index is 0.119. The van der Waals surface area contributed by atoms with Gasteiger partial charge < -0.3 is 15.3 Å². The van der Waals surface area contributed by atoms with Gasteiger partial charge in [-0.3, -0.25) is 4.79 Å². The van der Waals surface area contributed by atoms with Crippen LogP contribution in [0.2, 0.25) is 0 Å². The van der Waals surface area contributed by atoms with Crippen molar-refractivity contribution in [2.75, 3.05) is 0 Å². The molecule has 108 valence electrons. The summed E-state index contributed by atoms with van der Waals surface area (Å²) in [6, 6.07) is 8.97. The molecule has 0 fully saturated rings. The van der Waals surface area contributed by atoms with Crippen LogP contribution in [0.25, 0.3) is 5.57 Å². The number of aryl methyl sites for hydroxylation is 1. The first kappa shape index (κ1) is 14.7. The molecule has 3 N–H and O–H groups in total. The molecule has 0 aliphatic heterocycles. The van der Waals surface area contributed by atoms with Crippen LogP contribution in [0.1, 0.15) is 28.4 Å². The molecule has 2 aromatic rings. The highest BCUT2D eigenvalue weighted by Gasteiger charge is 2.09. The normalized spacial score (nSPS) is 11.4. The Kier molecular flexibility index (Phi) is 3.98. The van der Waals surface area contributed by atoms with E-state index in [-0.39, 0.29) is 23.0 Å². The Bertz CT molecular complexity index is 730. The van der Waals surface area contributed by atoms with Gasteiger partial charge >= 0.3 is 0 Å². The third-order valence-electron chi connectivity index (χ3n) is 3.25. The van der Waals surface area contributed by atoms with E-state index in [0.717, 1.165) is 0 Å². The topological polar surface area (TPSA) is 77.8 Å². The second kappa shape index (κ2) is 5.71. The third-order valence-corrected chi connectivity index (χ3v) is 3.25. The molecule has 0 aliphatic carbocycles. The van der Waals surface area contributed by atoms with Gasteiger partial charge in [-0.1, -0.05) is 6.07 Å². The Hall–Kier alpha value is -2.75. The quantitative estimate of drug-likeness (QED) is 0.458. The molecule has 0 saturated carbocycles. The monoisotopic (exact) mass is 284 g/mol. The van der Waals surface area contributed by atoms with E-state index < -0.39 is 0 Å². The number of phenolic OH excluding ortho intramolecular Hbond substituents is 3. The van der Waals surface area contributed by atoms with Gasteiger partial charge in [0, 0.05) is 5.56 Å². The molecule has 0 amide bonds. The molecule has 4 heteroatoms. The molecule has 0 heterocycles. The van der Waals surface area contributed by atoms with Gasteiger partial charge in [-0.2, -0.15) is 0 Å². The fourth-order valence-electron chi connectivity index (χ4n) is 2.05. The number of ketones is 1. The number of carbonyl (C=O) groups excluding carboxylic acids is 1. The van der Waals surface area contributed by atoms with Gasteiger partial charge in [0.1, 0.15) is 5.75 Å². The lowest BCUT2D eigenvalue weighted by Gasteiger charge is -2.06. The SMILES string of the molecule is C/C(=C\C(=O)c1ccc(O)cc1C)c1ccc(O)c(O)c1. The summed E-state index contributed by atoms with van der Waals surface area (Å²) in [5, 5.41) is 28.1. The summed E-state index contributed by atoms with van der Waals surface area (Å²) in [6.07, 6.45) is 1.46. The maximum Gasteiger partial charge on any atom is 0.186 e. The lowest BCUT2D eigenvalue weighted by molar-refractivity contribution is 0.104. The number of carbonyl (C=O) groups is 1. The fraction of sp³-hybridized carbons (Fsp3) is 0.118. The van der Waals surface area contributed by atoms with Crippen molar-refractivity contribution in [2.24, 2.45) is 0 Å². The minimum Gasteiger partial charge on any atom is -0.508 e. The summed E-state index contributed by atoms with van der Waals surface area (Å²) < 4.78 is 0. The van der Waals surface area contributed by atoms with E-state index in [1.54, 1.807) is 26.0 Å². The summed E-state index contributed by atoms with van der Waals surface area (Å²) in [5.41, 5.74) is 2.52. The van der Waals surface area contributed by atoms with Crippen LogP contribution in [0.5, 0.6) is 17.2 Å². The van der Waals surface area contributed by atoms with Crippen LogP contribution in [0.15, 0.2) is 42.5 Å². The van der Waals surface area contributed by atoms with Crippen molar-refractivity contribution in [3.63, 3.8) is 0 Å². The molecule has 0 aromatic heterocycles. The minimum atomic E-state index is -0.228. The van der Waals surface area contributed by atoms with Gasteiger partial charge in [-0.15, -0.1) is 0 Å². The zero-order valence-corrected chi connectivity index (χ0v) is 11.8. The van der Waals surface area contributed by atoms with Crippen molar-refractivity contribution in [1.82, 2.24) is 0 Å². The molecule has 2 aromatic carbocycles. The summed E-state index contributed by atoms with van der Waals surface area (Å²) in [6.45, 7) is 3.50. The number of rotatable bonds is 3. The van der Waals surface area contributed by atoms with Gasteiger partial charge in [0.25, 0.3) is 0 Å². The Morgan fingerprint density at radius 3 is 2.33 bits per heavy atom. The first-order valence-corrected chi connectivity index (χ1v) is 6.43. The standard InChI is InChI=1S/C17H16O4/c1-10(12-3-6-15(19)17(21)9-12)8-16(20)14-5-4-13(18)7-11(14)2/h3-9,18-19,21H,1-2H3/b10-8+. The van der Waals surface area contributed by atoms with Crippen molar-refractivity contribution in [1.29, 1.82) is 0 Å². The highest BCUT2D eigenvalue weighted by Crippen LogP contribution is 2.28. The second-order valence-corrected chi connectivity index (χ2v) is 4.89. The van der Waals surface area contributed by atoms with Crippen LogP contribution in [0, 0.1) is 6.92 Å². The Morgan fingerprint density at radius 2 is 1.71 bits per heavy atom. The van der Waals surface area contributed by atoms with Crippen molar-refractivity contribution >= 4 is 11.4 Å². The number of phenols is 3. The highest BCUT2D eigenvalue weighted by atomic mass is 16.3. The van der Waals surface area contributed by atoms with Crippen LogP contribution >= 0.6 is 0 Å². The van der Waals surface area contributed by atoms with E-state index in [4.69, 9.17) is 0 Å². The molecule has 0 spiro atoms. The maximum absolute atomic E-state index is 12.2. The van der Waals surface area contributed by atoms with Gasteiger partial charge in [0.05, 0.1) is 0 Å². The van der Waals surface area contributed by atoms with E-state index in [1.807, 2.05) is 0 Å². The van der Waals surface area contributed by atoms with E-state index in [2.05, 4.69) is 0 Å². The Balaban J connectivity index is 2.33. The number of allylic oxidation sites excluding steroid dienone is 2. The van der Waals surface area contributed by atoms with E-state index >= 15 is 0 Å². The average molecular weight is 284 g/mol. The Labute approximate surface area is 122 Å². The largest absolute Gasteiger partial charge is 0.508 e. The molecule has 0 aliphatic rings. The molecule has 0 saturated heterocycles. The first-order chi connectivity index (χ1) is 9.88. The van der Waals surface area contributed by atoms with E-state index in [9.17, 15) is 20.1 Å². The zero-order valence-electron chi connectivity index (χ0n) is 11.8. The predicted octanol–water partition coefficient (Wildman–Crippen LogP) is 3.40. The van der Waals surface area contributed by atoms with Crippen molar-refractivity contribution in [3.8, 4) is 17.2 Å². The highest BCUT2D eigenvalue weighted by molar-refractivity contribution is 6.09. The predicted molar refractivity (Wildman–Crippen MR) is 80.6 cm³/mol. The summed E-state index contributed by atoms with van der Waals surface area (Å²) in [7, 11) is 0. The van der Waals surface area contributed by atoms with Crippen LogP contribution in [0.4, 0.5) is 0 Å². The van der Waals surface area contributed by atoms with E-state index in [0.29, 0.717) is 22.3 Å². The third kappa shape index (κ3) is 3.23. The molecule has 0 radical (unpaired) electrons. The number of hydrogen-bond acceptors (Lipinski definition) is 4. The smallest absolute Gasteiger partial charge is 0.186 e. The lowest BCUT2D eigenvalue weighted by atomic mass is 10.00. The van der Waals surface area contributed by atoms with Crippen molar-refractivity contribution < 1.29 is 20.1 Å². The maximum atomic E-state index is 12.2. The van der Waals surface area contributed by atoms with Gasteiger partial charge in [0.2, 0.25) is 0 Å². The molecule has 21 heavy (non-hydrogen) atoms. The molecular formula is C17H16O4. The lowest BCUT2D eigenvalue weighted by Crippen LogP contribution is -1.98. The Morgan fingerprint density at radius 1 is 1.00 bits per heavy atom. The van der Waals surface area contributed by atoms with Crippen LogP contribution in [0.3, 0.4) is 0 Å². The summed E-state index contributed by atoms with van der Waals surface area (Å²) in [4.78, 5) is 12.2. The molecular weight excluding hydrogens is 268 g/mol. The van der Waals surface area contributed by atoms with E-state index in [1.165, 1.54) is 30.3 Å². The molecule has 2 rings (SSSR count). The summed E-state index contributed by atoms with van der Waals surface area (Å²) >= 11 is 0. The molecule has 0 bridgehead atoms. The number of aromatic hydroxyl groups is 3. The van der Waals surface area contributed by atoms with Crippen LogP contribution in [-0.2, 0) is 0 Å². The van der Waals surface area contributed by atoms with Crippen LogP contribution < -0.4 is 0 Å². The van der Waals surface area contributed by atoms with Crippen LogP contribution in [-0.4, -0.2) is 21.1 Å². The van der Waals surface area contributed by atoms with Crippen molar-refractivity contribution in [2.45, 2.75) is 13.8 Å². The average Bonchev–Trinajstić information content (AvgIpc) is 2.41. The zero-order chi connectivity index (χ0) is 15.6. The molecule has 0 atom stereocenters. The summed E-state index contributed by atoms with van der Waals surface area (Å²) in [5.74, 6) is -0.494. The second-order valence-electron chi connectivity index (χ2n) is 4.89. The molecule has 4 nitrogen and oxygen atoms in total. The van der Waals surface area contributed by atoms with Gasteiger partial charge in [-0.25, -0.2) is 0 Å². The van der Waals surface area contributed by atoms with Gasteiger partial charge in [-0.05, 0) is 67.0 Å². The van der Waals surface area contributed by atoms with Crippen molar-refractivity contribution in [3.05, 3.63) is 59.2 Å². The first-order valence-electron chi connectivity index (χ1n) is 6.43. The molecule has 0 unspecified atom stereocenters. The number of benzene rings is 2.